The molecule has 0 bridgehead atoms. The molecule has 2 aromatic heterocycles. The second-order valence-corrected chi connectivity index (χ2v) is 4.66. The van der Waals surface area contributed by atoms with Crippen molar-refractivity contribution in [3.05, 3.63) is 54.0 Å². The number of aryl methyl sites for hydroxylation is 1. The molecule has 2 heterocycles. The number of anilines is 1. The summed E-state index contributed by atoms with van der Waals surface area (Å²) in [4.78, 5) is 12.4. The van der Waals surface area contributed by atoms with Gasteiger partial charge in [0.25, 0.3) is 5.91 Å². The number of carbonyl (C=O) groups excluding carboxylic acids is 1. The van der Waals surface area contributed by atoms with Gasteiger partial charge in [-0.05, 0) is 6.92 Å². The Morgan fingerprint density at radius 3 is 2.67 bits per heavy atom. The van der Waals surface area contributed by atoms with E-state index in [-0.39, 0.29) is 5.91 Å². The van der Waals surface area contributed by atoms with Crippen LogP contribution in [0.2, 0.25) is 0 Å². The molecule has 0 radical (unpaired) electrons. The van der Waals surface area contributed by atoms with Crippen LogP contribution in [0, 0.1) is 6.92 Å². The fraction of sp³-hybridized carbons (Fsp3) is 0.133. The first-order chi connectivity index (χ1) is 10.2. The van der Waals surface area contributed by atoms with Crippen molar-refractivity contribution in [1.82, 2.24) is 14.9 Å². The lowest BCUT2D eigenvalue weighted by Crippen LogP contribution is -2.12. The summed E-state index contributed by atoms with van der Waals surface area (Å²) in [6.45, 7) is 1.88. The fourth-order valence-electron chi connectivity index (χ4n) is 2.01. The second-order valence-electron chi connectivity index (χ2n) is 4.66. The molecule has 0 aliphatic carbocycles. The molecule has 3 aromatic rings. The van der Waals surface area contributed by atoms with Crippen LogP contribution in [0.15, 0.2) is 47.2 Å². The predicted molar refractivity (Wildman–Crippen MR) is 77.8 cm³/mol. The summed E-state index contributed by atoms with van der Waals surface area (Å²) in [6.07, 6.45) is 3.03. The molecular weight excluding hydrogens is 268 g/mol. The number of benzene rings is 1. The number of nitrogens with one attached hydrogen (secondary N) is 1. The smallest absolute Gasteiger partial charge is 0.261 e. The van der Waals surface area contributed by atoms with Gasteiger partial charge in [-0.1, -0.05) is 35.5 Å². The van der Waals surface area contributed by atoms with E-state index in [2.05, 4.69) is 15.6 Å². The molecule has 0 saturated carbocycles. The Bertz CT molecular complexity index is 774. The zero-order chi connectivity index (χ0) is 14.8. The van der Waals surface area contributed by atoms with Gasteiger partial charge < -0.3 is 9.84 Å². The van der Waals surface area contributed by atoms with Crippen LogP contribution in [0.4, 0.5) is 5.69 Å². The average molecular weight is 282 g/mol. The summed E-state index contributed by atoms with van der Waals surface area (Å²) in [7, 11) is 1.82. The van der Waals surface area contributed by atoms with E-state index in [9.17, 15) is 4.79 Å². The Kier molecular flexibility index (Phi) is 3.27. The molecule has 3 rings (SSSR count). The maximum Gasteiger partial charge on any atom is 0.261 e. The van der Waals surface area contributed by atoms with Crippen molar-refractivity contribution in [3.63, 3.8) is 0 Å². The van der Waals surface area contributed by atoms with Crippen LogP contribution in [-0.2, 0) is 7.05 Å². The van der Waals surface area contributed by atoms with Gasteiger partial charge in [0, 0.05) is 12.6 Å². The van der Waals surface area contributed by atoms with Crippen LogP contribution in [0.1, 0.15) is 16.1 Å². The number of hydrogen-bond acceptors (Lipinski definition) is 4. The second kappa shape index (κ2) is 5.24. The number of carbonyl (C=O) groups is 1. The highest BCUT2D eigenvalue weighted by Gasteiger charge is 2.19. The summed E-state index contributed by atoms with van der Waals surface area (Å²) >= 11 is 0. The van der Waals surface area contributed by atoms with Crippen molar-refractivity contribution in [2.24, 2.45) is 7.05 Å². The van der Waals surface area contributed by atoms with Crippen molar-refractivity contribution in [2.45, 2.75) is 6.92 Å². The standard InChI is InChI=1S/C15H14N4O2/c1-10-13(9-16-19(10)2)18-15(20)12-8-17-21-14(12)11-6-4-3-5-7-11/h3-9H,1-2H3,(H,18,20). The summed E-state index contributed by atoms with van der Waals surface area (Å²) in [5.74, 6) is 0.181. The number of aromatic nitrogens is 3. The van der Waals surface area contributed by atoms with Crippen molar-refractivity contribution in [1.29, 1.82) is 0 Å². The van der Waals surface area contributed by atoms with Crippen LogP contribution in [0.5, 0.6) is 0 Å². The van der Waals surface area contributed by atoms with Gasteiger partial charge >= 0.3 is 0 Å². The molecule has 106 valence electrons. The third-order valence-electron chi connectivity index (χ3n) is 3.33. The lowest BCUT2D eigenvalue weighted by Gasteiger charge is -2.04. The van der Waals surface area contributed by atoms with Gasteiger partial charge in [0.15, 0.2) is 5.76 Å². The monoisotopic (exact) mass is 282 g/mol. The quantitative estimate of drug-likeness (QED) is 0.801. The third kappa shape index (κ3) is 2.43. The molecular formula is C15H14N4O2. The fourth-order valence-corrected chi connectivity index (χ4v) is 2.01. The molecule has 0 aliphatic rings. The number of rotatable bonds is 3. The molecule has 1 N–H and O–H groups in total. The molecule has 6 heteroatoms. The normalized spacial score (nSPS) is 10.6. The largest absolute Gasteiger partial charge is 0.355 e. The van der Waals surface area contributed by atoms with Crippen molar-refractivity contribution >= 4 is 11.6 Å². The van der Waals surface area contributed by atoms with E-state index in [0.29, 0.717) is 17.0 Å². The van der Waals surface area contributed by atoms with E-state index in [0.717, 1.165) is 11.3 Å². The highest BCUT2D eigenvalue weighted by molar-refractivity contribution is 6.07. The highest BCUT2D eigenvalue weighted by atomic mass is 16.5. The van der Waals surface area contributed by atoms with E-state index in [1.54, 1.807) is 10.9 Å². The van der Waals surface area contributed by atoms with Gasteiger partial charge in [0.05, 0.1) is 23.8 Å². The predicted octanol–water partition coefficient (Wildman–Crippen LogP) is 2.64. The van der Waals surface area contributed by atoms with Crippen LogP contribution < -0.4 is 5.32 Å². The summed E-state index contributed by atoms with van der Waals surface area (Å²) in [5, 5.41) is 10.6. The minimum atomic E-state index is -0.272. The van der Waals surface area contributed by atoms with Crippen molar-refractivity contribution in [2.75, 3.05) is 5.32 Å². The maximum absolute atomic E-state index is 12.4. The molecule has 1 amide bonds. The van der Waals surface area contributed by atoms with E-state index in [4.69, 9.17) is 4.52 Å². The number of nitrogens with zero attached hydrogens (tertiary/aromatic N) is 3. The Hall–Kier alpha value is -2.89. The Balaban J connectivity index is 1.90. The van der Waals surface area contributed by atoms with Crippen LogP contribution >= 0.6 is 0 Å². The number of hydrogen-bond donors (Lipinski definition) is 1. The van der Waals surface area contributed by atoms with Crippen LogP contribution in [0.25, 0.3) is 11.3 Å². The van der Waals surface area contributed by atoms with E-state index >= 15 is 0 Å². The minimum Gasteiger partial charge on any atom is -0.355 e. The molecule has 1 aromatic carbocycles. The minimum absolute atomic E-state index is 0.272. The summed E-state index contributed by atoms with van der Waals surface area (Å²) in [6, 6.07) is 9.40. The van der Waals surface area contributed by atoms with Crippen molar-refractivity contribution in [3.8, 4) is 11.3 Å². The lowest BCUT2D eigenvalue weighted by atomic mass is 10.1. The summed E-state index contributed by atoms with van der Waals surface area (Å²) < 4.78 is 6.91. The van der Waals surface area contributed by atoms with Gasteiger partial charge in [-0.15, -0.1) is 0 Å². The maximum atomic E-state index is 12.4. The van der Waals surface area contributed by atoms with Gasteiger partial charge in [-0.2, -0.15) is 5.10 Å². The van der Waals surface area contributed by atoms with Gasteiger partial charge in [0.1, 0.15) is 5.56 Å². The van der Waals surface area contributed by atoms with Crippen LogP contribution in [0.3, 0.4) is 0 Å². The van der Waals surface area contributed by atoms with Gasteiger partial charge in [-0.3, -0.25) is 9.48 Å². The molecule has 0 atom stereocenters. The molecule has 0 fully saturated rings. The third-order valence-corrected chi connectivity index (χ3v) is 3.33. The Morgan fingerprint density at radius 1 is 1.24 bits per heavy atom. The SMILES string of the molecule is Cc1c(NC(=O)c2cnoc2-c2ccccc2)cnn1C. The average Bonchev–Trinajstić information content (AvgIpc) is 3.10. The first-order valence-electron chi connectivity index (χ1n) is 6.47. The van der Waals surface area contributed by atoms with Crippen LogP contribution in [-0.4, -0.2) is 20.8 Å². The molecule has 0 unspecified atom stereocenters. The van der Waals surface area contributed by atoms with E-state index < -0.39 is 0 Å². The topological polar surface area (TPSA) is 73.0 Å². The van der Waals surface area contributed by atoms with Crippen molar-refractivity contribution < 1.29 is 9.32 Å². The Labute approximate surface area is 121 Å². The molecule has 0 aliphatic heterocycles. The first kappa shape index (κ1) is 13.1. The zero-order valence-corrected chi connectivity index (χ0v) is 11.7. The van der Waals surface area contributed by atoms with E-state index in [1.165, 1.54) is 6.20 Å². The lowest BCUT2D eigenvalue weighted by molar-refractivity contribution is 0.102. The molecule has 21 heavy (non-hydrogen) atoms. The first-order valence-corrected chi connectivity index (χ1v) is 6.47. The van der Waals surface area contributed by atoms with Gasteiger partial charge in [0.2, 0.25) is 0 Å². The molecule has 0 spiro atoms. The highest BCUT2D eigenvalue weighted by Crippen LogP contribution is 2.24. The Morgan fingerprint density at radius 2 is 2.00 bits per heavy atom. The summed E-state index contributed by atoms with van der Waals surface area (Å²) in [5.41, 5.74) is 2.75. The van der Waals surface area contributed by atoms with E-state index in [1.807, 2.05) is 44.3 Å². The molecule has 6 nitrogen and oxygen atoms in total. The molecule has 0 saturated heterocycles. The van der Waals surface area contributed by atoms with Gasteiger partial charge in [-0.25, -0.2) is 0 Å². The number of amides is 1. The zero-order valence-electron chi connectivity index (χ0n) is 11.7.